The van der Waals surface area contributed by atoms with Crippen LogP contribution in [0.2, 0.25) is 0 Å². The van der Waals surface area contributed by atoms with Crippen LogP contribution in [-0.2, 0) is 11.2 Å². The minimum atomic E-state index is -0.925. The van der Waals surface area contributed by atoms with Gasteiger partial charge in [-0.3, -0.25) is 5.10 Å². The standard InChI is InChI=1S/C17H26N2O2.C2H2/c1-5-14-10-15(19-18-14)13-8-7-12(9-13)11-21-16(6-2)17(3,4)20;1-2/h6,9-10,13,20H,5,7-8,11H2,1-4H3,(H,18,19);1-2H/b16-6-;. The second-order valence-corrected chi connectivity index (χ2v) is 6.14. The van der Waals surface area contributed by atoms with E-state index in [2.05, 4.69) is 42.1 Å². The van der Waals surface area contributed by atoms with Gasteiger partial charge in [0.2, 0.25) is 0 Å². The minimum absolute atomic E-state index is 0.386. The topological polar surface area (TPSA) is 58.1 Å². The molecule has 1 heterocycles. The van der Waals surface area contributed by atoms with Crippen molar-refractivity contribution in [2.75, 3.05) is 6.61 Å². The molecule has 1 atom stereocenters. The number of H-pyrrole nitrogens is 1. The summed E-state index contributed by atoms with van der Waals surface area (Å²) in [5.41, 5.74) is 2.66. The van der Waals surface area contributed by atoms with E-state index in [0.717, 1.165) is 25.0 Å². The van der Waals surface area contributed by atoms with Gasteiger partial charge in [-0.25, -0.2) is 0 Å². The monoisotopic (exact) mass is 316 g/mol. The second kappa shape index (κ2) is 8.59. The van der Waals surface area contributed by atoms with Crippen molar-refractivity contribution in [2.45, 2.75) is 58.5 Å². The number of aliphatic hydroxyl groups is 1. The molecule has 0 fully saturated rings. The normalized spacial score (nSPS) is 18.1. The molecule has 0 amide bonds. The molecule has 1 aromatic heterocycles. The summed E-state index contributed by atoms with van der Waals surface area (Å²) in [7, 11) is 0. The summed E-state index contributed by atoms with van der Waals surface area (Å²) >= 11 is 0. The fourth-order valence-electron chi connectivity index (χ4n) is 2.68. The first-order valence-electron chi connectivity index (χ1n) is 8.03. The van der Waals surface area contributed by atoms with Crippen LogP contribution in [0.25, 0.3) is 0 Å². The predicted molar refractivity (Wildman–Crippen MR) is 93.9 cm³/mol. The average Bonchev–Trinajstić information content (AvgIpc) is 3.17. The van der Waals surface area contributed by atoms with Gasteiger partial charge in [-0.05, 0) is 57.7 Å². The number of terminal acetylenes is 1. The fraction of sp³-hybridized carbons (Fsp3) is 0.526. The quantitative estimate of drug-likeness (QED) is 0.478. The zero-order valence-corrected chi connectivity index (χ0v) is 14.6. The number of nitrogens with zero attached hydrogens (tertiary/aromatic N) is 1. The molecule has 0 saturated heterocycles. The molecular formula is C19H28N2O2. The number of aromatic nitrogens is 2. The Morgan fingerprint density at radius 2 is 2.22 bits per heavy atom. The Morgan fingerprint density at radius 1 is 1.52 bits per heavy atom. The van der Waals surface area contributed by atoms with Gasteiger partial charge in [-0.15, -0.1) is 12.8 Å². The van der Waals surface area contributed by atoms with Gasteiger partial charge in [0.05, 0.1) is 5.69 Å². The van der Waals surface area contributed by atoms with E-state index in [0.29, 0.717) is 18.3 Å². The van der Waals surface area contributed by atoms with Crippen LogP contribution < -0.4 is 0 Å². The number of allylic oxidation sites excluding steroid dienone is 2. The van der Waals surface area contributed by atoms with Crippen LogP contribution in [0.4, 0.5) is 0 Å². The number of ether oxygens (including phenoxy) is 1. The van der Waals surface area contributed by atoms with E-state index in [-0.39, 0.29) is 0 Å². The number of aromatic amines is 1. The Hall–Kier alpha value is -1.99. The second-order valence-electron chi connectivity index (χ2n) is 6.14. The third kappa shape index (κ3) is 5.30. The minimum Gasteiger partial charge on any atom is -0.491 e. The van der Waals surface area contributed by atoms with Gasteiger partial charge in [0, 0.05) is 11.6 Å². The highest BCUT2D eigenvalue weighted by Crippen LogP contribution is 2.32. The summed E-state index contributed by atoms with van der Waals surface area (Å²) in [6.45, 7) is 8.03. The smallest absolute Gasteiger partial charge is 0.123 e. The zero-order chi connectivity index (χ0) is 17.5. The number of aryl methyl sites for hydroxylation is 1. The van der Waals surface area contributed by atoms with E-state index < -0.39 is 5.60 Å². The van der Waals surface area contributed by atoms with Gasteiger partial charge < -0.3 is 9.84 Å². The lowest BCUT2D eigenvalue weighted by molar-refractivity contribution is 0.0444. The lowest BCUT2D eigenvalue weighted by Gasteiger charge is -2.22. The number of hydrogen-bond acceptors (Lipinski definition) is 3. The van der Waals surface area contributed by atoms with Crippen LogP contribution in [0, 0.1) is 12.8 Å². The molecule has 1 aliphatic rings. The van der Waals surface area contributed by atoms with E-state index in [4.69, 9.17) is 4.74 Å². The van der Waals surface area contributed by atoms with Crippen molar-refractivity contribution in [3.05, 3.63) is 40.9 Å². The molecule has 1 aliphatic carbocycles. The third-order valence-corrected chi connectivity index (χ3v) is 3.90. The maximum atomic E-state index is 9.98. The molecule has 1 aromatic rings. The van der Waals surface area contributed by atoms with E-state index in [1.165, 1.54) is 11.3 Å². The predicted octanol–water partition coefficient (Wildman–Crippen LogP) is 3.72. The SMILES string of the molecule is C#C.C/C=C(\OCC1=CC(c2cc(CC)[nH]n2)CC1)C(C)(C)O. The van der Waals surface area contributed by atoms with E-state index in [1.807, 2.05) is 13.0 Å². The summed E-state index contributed by atoms with van der Waals surface area (Å²) in [6.07, 6.45) is 15.2. The number of nitrogens with one attached hydrogen (secondary N) is 1. The van der Waals surface area contributed by atoms with Crippen LogP contribution in [0.5, 0.6) is 0 Å². The number of rotatable bonds is 6. The van der Waals surface area contributed by atoms with Crippen LogP contribution in [0.3, 0.4) is 0 Å². The molecule has 0 radical (unpaired) electrons. The number of hydrogen-bond donors (Lipinski definition) is 2. The first-order valence-corrected chi connectivity index (χ1v) is 8.03. The summed E-state index contributed by atoms with van der Waals surface area (Å²) in [4.78, 5) is 0. The van der Waals surface area contributed by atoms with Crippen LogP contribution in [0.1, 0.15) is 57.8 Å². The molecule has 4 heteroatoms. The van der Waals surface area contributed by atoms with E-state index in [9.17, 15) is 5.11 Å². The van der Waals surface area contributed by atoms with Crippen molar-refractivity contribution in [2.24, 2.45) is 0 Å². The Kier molecular flexibility index (Phi) is 7.12. The molecule has 0 saturated carbocycles. The lowest BCUT2D eigenvalue weighted by Crippen LogP contribution is -2.24. The summed E-state index contributed by atoms with van der Waals surface area (Å²) in [5.74, 6) is 1.01. The van der Waals surface area contributed by atoms with E-state index >= 15 is 0 Å². The zero-order valence-electron chi connectivity index (χ0n) is 14.6. The Morgan fingerprint density at radius 3 is 2.74 bits per heavy atom. The third-order valence-electron chi connectivity index (χ3n) is 3.90. The highest BCUT2D eigenvalue weighted by Gasteiger charge is 2.23. The molecular weight excluding hydrogens is 288 g/mol. The first-order chi connectivity index (χ1) is 10.9. The Balaban J connectivity index is 0.00000127. The van der Waals surface area contributed by atoms with Crippen molar-refractivity contribution >= 4 is 0 Å². The van der Waals surface area contributed by atoms with Gasteiger partial charge in [-0.1, -0.05) is 13.0 Å². The van der Waals surface area contributed by atoms with Gasteiger partial charge in [0.1, 0.15) is 18.0 Å². The van der Waals surface area contributed by atoms with Gasteiger partial charge >= 0.3 is 0 Å². The molecule has 2 rings (SSSR count). The van der Waals surface area contributed by atoms with Crippen molar-refractivity contribution in [3.8, 4) is 12.8 Å². The van der Waals surface area contributed by atoms with Gasteiger partial charge in [0.15, 0.2) is 0 Å². The molecule has 1 unspecified atom stereocenters. The summed E-state index contributed by atoms with van der Waals surface area (Å²) in [5, 5.41) is 17.5. The van der Waals surface area contributed by atoms with Crippen molar-refractivity contribution in [3.63, 3.8) is 0 Å². The molecule has 0 aliphatic heterocycles. The molecule has 0 aromatic carbocycles. The molecule has 126 valence electrons. The van der Waals surface area contributed by atoms with Gasteiger partial charge in [0.25, 0.3) is 0 Å². The summed E-state index contributed by atoms with van der Waals surface area (Å²) in [6, 6.07) is 2.15. The first kappa shape index (κ1) is 19.1. The fourth-order valence-corrected chi connectivity index (χ4v) is 2.68. The highest BCUT2D eigenvalue weighted by atomic mass is 16.5. The van der Waals surface area contributed by atoms with Crippen LogP contribution in [-0.4, -0.2) is 27.5 Å². The van der Waals surface area contributed by atoms with Crippen LogP contribution in [0.15, 0.2) is 29.6 Å². The molecule has 0 spiro atoms. The van der Waals surface area contributed by atoms with Gasteiger partial charge in [-0.2, -0.15) is 5.10 Å². The highest BCUT2D eigenvalue weighted by molar-refractivity contribution is 5.25. The Bertz CT molecular complexity index is 574. The molecule has 2 N–H and O–H groups in total. The van der Waals surface area contributed by atoms with E-state index in [1.54, 1.807) is 13.8 Å². The van der Waals surface area contributed by atoms with Crippen molar-refractivity contribution in [1.82, 2.24) is 10.2 Å². The molecule has 23 heavy (non-hydrogen) atoms. The molecule has 0 bridgehead atoms. The maximum absolute atomic E-state index is 9.98. The van der Waals surface area contributed by atoms with Crippen LogP contribution >= 0.6 is 0 Å². The maximum Gasteiger partial charge on any atom is 0.123 e. The average molecular weight is 316 g/mol. The van der Waals surface area contributed by atoms with Crippen molar-refractivity contribution < 1.29 is 9.84 Å². The largest absolute Gasteiger partial charge is 0.491 e. The lowest BCUT2D eigenvalue weighted by atomic mass is 10.1. The molecule has 4 nitrogen and oxygen atoms in total. The Labute approximate surface area is 139 Å². The summed E-state index contributed by atoms with van der Waals surface area (Å²) < 4.78 is 5.76. The van der Waals surface area contributed by atoms with Crippen molar-refractivity contribution in [1.29, 1.82) is 0 Å².